The van der Waals surface area contributed by atoms with Crippen molar-refractivity contribution >= 4 is 11.2 Å². The summed E-state index contributed by atoms with van der Waals surface area (Å²) in [5.74, 6) is 0. The molecule has 0 amide bonds. The molecule has 2 atom stereocenters. The molecule has 3 aromatic rings. The molecule has 1 heterocycles. The first-order valence-electron chi connectivity index (χ1n) is 8.60. The smallest absolute Gasteiger partial charge is 0.435 e. The molecule has 8 heteroatoms. The van der Waals surface area contributed by atoms with Gasteiger partial charge in [0.25, 0.3) is 0 Å². The van der Waals surface area contributed by atoms with E-state index in [1.807, 2.05) is 6.92 Å². The van der Waals surface area contributed by atoms with Crippen molar-refractivity contribution in [2.45, 2.75) is 30.5 Å². The van der Waals surface area contributed by atoms with Crippen molar-refractivity contribution in [1.29, 1.82) is 0 Å². The molecule has 0 bridgehead atoms. The molecule has 2 aromatic carbocycles. The molecule has 1 aromatic heterocycles. The average Bonchev–Trinajstić information content (AvgIpc) is 3.13. The number of halogens is 3. The standard InChI is InChI=1S/C20H19F3N2O2S/c1-3-18(26)14-4-8-15(9-5-14)25-17(12-19(24-25)20(21,22)23)13-6-10-16(11-7-13)28(2)27/h4-12,18,26H,3H2,1-2H3. The topological polar surface area (TPSA) is 61.1 Å². The molecular weight excluding hydrogens is 389 g/mol. The highest BCUT2D eigenvalue weighted by molar-refractivity contribution is 7.90. The van der Waals surface area contributed by atoms with Gasteiger partial charge < -0.3 is 9.66 Å². The molecule has 148 valence electrons. The van der Waals surface area contributed by atoms with Crippen molar-refractivity contribution in [1.82, 2.24) is 9.78 Å². The lowest BCUT2D eigenvalue weighted by molar-refractivity contribution is -0.141. The molecule has 0 aliphatic carbocycles. The Bertz CT molecular complexity index is 936. The Morgan fingerprint density at radius 1 is 1.11 bits per heavy atom. The van der Waals surface area contributed by atoms with E-state index in [1.54, 1.807) is 48.5 Å². The van der Waals surface area contributed by atoms with E-state index in [1.165, 1.54) is 10.9 Å². The predicted molar refractivity (Wildman–Crippen MR) is 102 cm³/mol. The maximum absolute atomic E-state index is 13.2. The minimum Gasteiger partial charge on any atom is -0.612 e. The second-order valence-electron chi connectivity index (χ2n) is 6.32. The molecule has 0 saturated heterocycles. The Labute approximate surface area is 163 Å². The lowest BCUT2D eigenvalue weighted by Gasteiger charge is -2.11. The minimum absolute atomic E-state index is 0.268. The van der Waals surface area contributed by atoms with Gasteiger partial charge in [0.15, 0.2) is 10.6 Å². The largest absolute Gasteiger partial charge is 0.612 e. The van der Waals surface area contributed by atoms with Crippen LogP contribution in [-0.2, 0) is 17.4 Å². The first kappa shape index (κ1) is 20.4. The van der Waals surface area contributed by atoms with Crippen LogP contribution in [0.5, 0.6) is 0 Å². The summed E-state index contributed by atoms with van der Waals surface area (Å²) in [6.07, 6.45) is -3.13. The molecule has 0 spiro atoms. The van der Waals surface area contributed by atoms with Crippen LogP contribution in [0.15, 0.2) is 59.5 Å². The maximum Gasteiger partial charge on any atom is 0.435 e. The van der Waals surface area contributed by atoms with Gasteiger partial charge in [-0.15, -0.1) is 0 Å². The molecule has 0 saturated carbocycles. The second kappa shape index (κ2) is 7.98. The number of hydrogen-bond donors (Lipinski definition) is 1. The third-order valence-electron chi connectivity index (χ3n) is 4.39. The van der Waals surface area contributed by atoms with Gasteiger partial charge in [-0.1, -0.05) is 19.1 Å². The minimum atomic E-state index is -4.58. The van der Waals surface area contributed by atoms with Gasteiger partial charge in [-0.25, -0.2) is 4.68 Å². The molecular formula is C20H19F3N2O2S. The summed E-state index contributed by atoms with van der Waals surface area (Å²) in [6, 6.07) is 14.1. The van der Waals surface area contributed by atoms with E-state index < -0.39 is 29.2 Å². The Hall–Kier alpha value is -2.29. The normalized spacial score (nSPS) is 14.1. The van der Waals surface area contributed by atoms with Crippen molar-refractivity contribution in [2.24, 2.45) is 0 Å². The van der Waals surface area contributed by atoms with Gasteiger partial charge in [-0.2, -0.15) is 18.3 Å². The number of hydrogen-bond acceptors (Lipinski definition) is 3. The summed E-state index contributed by atoms with van der Waals surface area (Å²) in [5, 5.41) is 13.7. The van der Waals surface area contributed by atoms with E-state index in [-0.39, 0.29) is 5.69 Å². The number of alkyl halides is 3. The van der Waals surface area contributed by atoms with Crippen molar-refractivity contribution in [3.8, 4) is 16.9 Å². The molecule has 0 fully saturated rings. The molecule has 0 aliphatic rings. The van der Waals surface area contributed by atoms with Gasteiger partial charge in [0.2, 0.25) is 0 Å². The highest BCUT2D eigenvalue weighted by Gasteiger charge is 2.35. The molecule has 0 aliphatic heterocycles. The van der Waals surface area contributed by atoms with Crippen LogP contribution < -0.4 is 0 Å². The van der Waals surface area contributed by atoms with Gasteiger partial charge >= 0.3 is 6.18 Å². The van der Waals surface area contributed by atoms with Crippen LogP contribution in [0.4, 0.5) is 13.2 Å². The number of aliphatic hydroxyl groups is 1. The lowest BCUT2D eigenvalue weighted by Crippen LogP contribution is -2.07. The van der Waals surface area contributed by atoms with Gasteiger partial charge in [-0.05, 0) is 65.6 Å². The number of aliphatic hydroxyl groups excluding tert-OH is 1. The SMILES string of the molecule is CCC(O)c1ccc(-n2nc(C(F)(F)F)cc2-c2ccc([S+](C)[O-])cc2)cc1. The lowest BCUT2D eigenvalue weighted by atomic mass is 10.1. The zero-order valence-corrected chi connectivity index (χ0v) is 16.1. The van der Waals surface area contributed by atoms with E-state index in [9.17, 15) is 22.8 Å². The summed E-state index contributed by atoms with van der Waals surface area (Å²) in [6.45, 7) is 1.84. The summed E-state index contributed by atoms with van der Waals surface area (Å²) in [5.41, 5.74) is 0.925. The zero-order chi connectivity index (χ0) is 20.5. The second-order valence-corrected chi connectivity index (χ2v) is 7.70. The Balaban J connectivity index is 2.08. The molecule has 28 heavy (non-hydrogen) atoms. The third kappa shape index (κ3) is 4.24. The van der Waals surface area contributed by atoms with E-state index >= 15 is 0 Å². The van der Waals surface area contributed by atoms with E-state index in [2.05, 4.69) is 5.10 Å². The molecule has 1 N–H and O–H groups in total. The summed E-state index contributed by atoms with van der Waals surface area (Å²) in [7, 11) is 0. The number of nitrogens with zero attached hydrogens (tertiary/aromatic N) is 2. The van der Waals surface area contributed by atoms with Crippen LogP contribution in [0.3, 0.4) is 0 Å². The Morgan fingerprint density at radius 3 is 2.21 bits per heavy atom. The monoisotopic (exact) mass is 408 g/mol. The Kier molecular flexibility index (Phi) is 5.83. The van der Waals surface area contributed by atoms with Gasteiger partial charge in [0.1, 0.15) is 6.26 Å². The summed E-state index contributed by atoms with van der Waals surface area (Å²) in [4.78, 5) is 0.587. The molecule has 2 unspecified atom stereocenters. The maximum atomic E-state index is 13.2. The first-order chi connectivity index (χ1) is 13.2. The first-order valence-corrected chi connectivity index (χ1v) is 10.2. The fourth-order valence-corrected chi connectivity index (χ4v) is 3.33. The number of aromatic nitrogens is 2. The highest BCUT2D eigenvalue weighted by Crippen LogP contribution is 2.33. The van der Waals surface area contributed by atoms with Crippen LogP contribution in [-0.4, -0.2) is 25.7 Å². The highest BCUT2D eigenvalue weighted by atomic mass is 32.2. The van der Waals surface area contributed by atoms with Crippen LogP contribution in [0.1, 0.15) is 30.7 Å². The van der Waals surface area contributed by atoms with Crippen molar-refractivity contribution in [2.75, 3.05) is 6.26 Å². The summed E-state index contributed by atoms with van der Waals surface area (Å²) < 4.78 is 52.5. The zero-order valence-electron chi connectivity index (χ0n) is 15.3. The van der Waals surface area contributed by atoms with Crippen LogP contribution in [0, 0.1) is 0 Å². The van der Waals surface area contributed by atoms with Gasteiger partial charge in [0.05, 0.1) is 17.5 Å². The number of benzene rings is 2. The van der Waals surface area contributed by atoms with Gasteiger partial charge in [0, 0.05) is 5.56 Å². The molecule has 4 nitrogen and oxygen atoms in total. The molecule has 0 radical (unpaired) electrons. The van der Waals surface area contributed by atoms with Crippen LogP contribution >= 0.6 is 0 Å². The molecule has 3 rings (SSSR count). The van der Waals surface area contributed by atoms with Crippen LogP contribution in [0.25, 0.3) is 16.9 Å². The van der Waals surface area contributed by atoms with Crippen molar-refractivity contribution in [3.05, 3.63) is 65.9 Å². The van der Waals surface area contributed by atoms with E-state index in [0.717, 1.165) is 6.07 Å². The van der Waals surface area contributed by atoms with Crippen molar-refractivity contribution in [3.63, 3.8) is 0 Å². The Morgan fingerprint density at radius 2 is 1.71 bits per heavy atom. The fraction of sp³-hybridized carbons (Fsp3) is 0.250. The van der Waals surface area contributed by atoms with Crippen molar-refractivity contribution < 1.29 is 22.8 Å². The average molecular weight is 408 g/mol. The summed E-state index contributed by atoms with van der Waals surface area (Å²) >= 11 is -1.18. The predicted octanol–water partition coefficient (Wildman–Crippen LogP) is 4.74. The van der Waals surface area contributed by atoms with Crippen LogP contribution in [0.2, 0.25) is 0 Å². The third-order valence-corrected chi connectivity index (χ3v) is 5.33. The van der Waals surface area contributed by atoms with E-state index in [4.69, 9.17) is 0 Å². The fourth-order valence-electron chi connectivity index (χ4n) is 2.81. The quantitative estimate of drug-likeness (QED) is 0.621. The van der Waals surface area contributed by atoms with Gasteiger partial charge in [-0.3, -0.25) is 0 Å². The van der Waals surface area contributed by atoms with E-state index in [0.29, 0.717) is 28.1 Å². The number of rotatable bonds is 5.